The molecule has 2 aromatic heterocycles. The highest BCUT2D eigenvalue weighted by atomic mass is 79.9. The SMILES string of the molecule is Cc1nc(Nc2ccc(NC(=O)c3ccccc3Br)cc2)cc(-n2cccn2)n1. The molecular weight excluding hydrogens is 432 g/mol. The Labute approximate surface area is 176 Å². The molecule has 0 saturated carbocycles. The lowest BCUT2D eigenvalue weighted by atomic mass is 10.2. The molecule has 7 nitrogen and oxygen atoms in total. The molecule has 0 aliphatic heterocycles. The minimum Gasteiger partial charge on any atom is -0.340 e. The molecule has 2 heterocycles. The third kappa shape index (κ3) is 4.49. The van der Waals surface area contributed by atoms with Crippen molar-refractivity contribution >= 4 is 39.0 Å². The molecule has 0 saturated heterocycles. The van der Waals surface area contributed by atoms with Gasteiger partial charge in [0.25, 0.3) is 5.91 Å². The number of aromatic nitrogens is 4. The number of carbonyl (C=O) groups excluding carboxylic acids is 1. The van der Waals surface area contributed by atoms with Gasteiger partial charge in [0.2, 0.25) is 0 Å². The number of benzene rings is 2. The van der Waals surface area contributed by atoms with E-state index in [0.29, 0.717) is 28.7 Å². The fourth-order valence-electron chi connectivity index (χ4n) is 2.77. The first-order valence-corrected chi connectivity index (χ1v) is 9.66. The van der Waals surface area contributed by atoms with Crippen LogP contribution in [0.5, 0.6) is 0 Å². The van der Waals surface area contributed by atoms with E-state index < -0.39 is 0 Å². The molecule has 0 bridgehead atoms. The van der Waals surface area contributed by atoms with E-state index in [2.05, 4.69) is 41.6 Å². The van der Waals surface area contributed by atoms with Crippen LogP contribution in [0.25, 0.3) is 5.82 Å². The first-order valence-electron chi connectivity index (χ1n) is 8.87. The van der Waals surface area contributed by atoms with Crippen molar-refractivity contribution in [3.8, 4) is 5.82 Å². The number of halogens is 1. The van der Waals surface area contributed by atoms with Gasteiger partial charge in [0.1, 0.15) is 11.6 Å². The topological polar surface area (TPSA) is 84.7 Å². The summed E-state index contributed by atoms with van der Waals surface area (Å²) in [5.74, 6) is 1.81. The Balaban J connectivity index is 1.48. The Morgan fingerprint density at radius 1 is 1.00 bits per heavy atom. The second-order valence-corrected chi connectivity index (χ2v) is 7.10. The van der Waals surface area contributed by atoms with Gasteiger partial charge in [-0.3, -0.25) is 4.79 Å². The van der Waals surface area contributed by atoms with Gasteiger partial charge in [0, 0.05) is 34.3 Å². The van der Waals surface area contributed by atoms with Gasteiger partial charge in [-0.2, -0.15) is 5.10 Å². The van der Waals surface area contributed by atoms with Crippen LogP contribution < -0.4 is 10.6 Å². The Bertz CT molecular complexity index is 1140. The maximum Gasteiger partial charge on any atom is 0.256 e. The zero-order valence-corrected chi connectivity index (χ0v) is 17.1. The molecule has 2 N–H and O–H groups in total. The van der Waals surface area contributed by atoms with E-state index in [1.165, 1.54) is 0 Å². The average Bonchev–Trinajstić information content (AvgIpc) is 3.24. The summed E-state index contributed by atoms with van der Waals surface area (Å²) >= 11 is 3.40. The molecule has 4 rings (SSSR count). The van der Waals surface area contributed by atoms with E-state index >= 15 is 0 Å². The predicted octanol–water partition coefficient (Wildman–Crippen LogP) is 4.73. The molecule has 29 heavy (non-hydrogen) atoms. The van der Waals surface area contributed by atoms with Gasteiger partial charge in [0.15, 0.2) is 5.82 Å². The summed E-state index contributed by atoms with van der Waals surface area (Å²) in [4.78, 5) is 21.2. The summed E-state index contributed by atoms with van der Waals surface area (Å²) in [6.07, 6.45) is 3.53. The molecule has 0 atom stereocenters. The molecule has 0 spiro atoms. The largest absolute Gasteiger partial charge is 0.340 e. The van der Waals surface area contributed by atoms with Crippen LogP contribution in [0.3, 0.4) is 0 Å². The summed E-state index contributed by atoms with van der Waals surface area (Å²) in [7, 11) is 0. The highest BCUT2D eigenvalue weighted by Gasteiger charge is 2.10. The van der Waals surface area contributed by atoms with Crippen molar-refractivity contribution in [3.63, 3.8) is 0 Å². The van der Waals surface area contributed by atoms with Crippen LogP contribution >= 0.6 is 15.9 Å². The van der Waals surface area contributed by atoms with Crippen LogP contribution in [-0.2, 0) is 0 Å². The lowest BCUT2D eigenvalue weighted by molar-refractivity contribution is 0.102. The minimum absolute atomic E-state index is 0.173. The van der Waals surface area contributed by atoms with E-state index in [4.69, 9.17) is 0 Å². The number of nitrogens with zero attached hydrogens (tertiary/aromatic N) is 4. The van der Waals surface area contributed by atoms with E-state index in [1.807, 2.05) is 67.7 Å². The molecule has 0 aliphatic carbocycles. The van der Waals surface area contributed by atoms with Gasteiger partial charge in [-0.25, -0.2) is 14.6 Å². The standard InChI is InChI=1S/C21H17BrN6O/c1-14-24-19(13-20(25-14)28-12-4-11-23-28)26-15-7-9-16(10-8-15)27-21(29)17-5-2-3-6-18(17)22/h2-13H,1H3,(H,27,29)(H,24,25,26). The molecular formula is C21H17BrN6O. The number of aryl methyl sites for hydroxylation is 1. The van der Waals surface area contributed by atoms with Crippen molar-refractivity contribution in [2.45, 2.75) is 6.92 Å². The van der Waals surface area contributed by atoms with Crippen molar-refractivity contribution in [3.05, 3.63) is 88.9 Å². The molecule has 4 aromatic rings. The molecule has 0 unspecified atom stereocenters. The van der Waals surface area contributed by atoms with Crippen molar-refractivity contribution < 1.29 is 4.79 Å². The maximum absolute atomic E-state index is 12.4. The maximum atomic E-state index is 12.4. The third-order valence-corrected chi connectivity index (χ3v) is 4.79. The number of amides is 1. The van der Waals surface area contributed by atoms with Gasteiger partial charge in [-0.1, -0.05) is 12.1 Å². The highest BCUT2D eigenvalue weighted by Crippen LogP contribution is 2.21. The number of rotatable bonds is 5. The molecule has 0 aliphatic rings. The normalized spacial score (nSPS) is 10.6. The second-order valence-electron chi connectivity index (χ2n) is 6.25. The molecule has 0 fully saturated rings. The van der Waals surface area contributed by atoms with Gasteiger partial charge in [0.05, 0.1) is 5.56 Å². The first-order chi connectivity index (χ1) is 14.1. The predicted molar refractivity (Wildman–Crippen MR) is 116 cm³/mol. The lowest BCUT2D eigenvalue weighted by Gasteiger charge is -2.10. The lowest BCUT2D eigenvalue weighted by Crippen LogP contribution is -2.12. The van der Waals surface area contributed by atoms with E-state index in [1.54, 1.807) is 16.9 Å². The van der Waals surface area contributed by atoms with Crippen LogP contribution in [0.1, 0.15) is 16.2 Å². The summed E-state index contributed by atoms with van der Waals surface area (Å²) in [5, 5.41) is 10.4. The Morgan fingerprint density at radius 3 is 2.48 bits per heavy atom. The summed E-state index contributed by atoms with van der Waals surface area (Å²) in [5.41, 5.74) is 2.12. The Kier molecular flexibility index (Phi) is 5.35. The fourth-order valence-corrected chi connectivity index (χ4v) is 3.23. The van der Waals surface area contributed by atoms with Crippen LogP contribution in [-0.4, -0.2) is 25.7 Å². The summed E-state index contributed by atoms with van der Waals surface area (Å²) in [6.45, 7) is 1.83. The molecule has 0 radical (unpaired) electrons. The van der Waals surface area contributed by atoms with Crippen LogP contribution in [0.15, 0.2) is 77.5 Å². The van der Waals surface area contributed by atoms with Crippen molar-refractivity contribution in [1.29, 1.82) is 0 Å². The number of hydrogen-bond donors (Lipinski definition) is 2. The Morgan fingerprint density at radius 2 is 1.76 bits per heavy atom. The fraction of sp³-hybridized carbons (Fsp3) is 0.0476. The Hall–Kier alpha value is -3.52. The third-order valence-electron chi connectivity index (χ3n) is 4.10. The quantitative estimate of drug-likeness (QED) is 0.460. The molecule has 144 valence electrons. The van der Waals surface area contributed by atoms with Crippen molar-refractivity contribution in [2.75, 3.05) is 10.6 Å². The number of carbonyl (C=O) groups is 1. The van der Waals surface area contributed by atoms with Crippen LogP contribution in [0.4, 0.5) is 17.2 Å². The van der Waals surface area contributed by atoms with Crippen LogP contribution in [0, 0.1) is 6.92 Å². The van der Waals surface area contributed by atoms with Crippen molar-refractivity contribution in [2.24, 2.45) is 0 Å². The van der Waals surface area contributed by atoms with Gasteiger partial charge in [-0.15, -0.1) is 0 Å². The second kappa shape index (κ2) is 8.24. The zero-order chi connectivity index (χ0) is 20.2. The zero-order valence-electron chi connectivity index (χ0n) is 15.5. The van der Waals surface area contributed by atoms with Gasteiger partial charge < -0.3 is 10.6 Å². The summed E-state index contributed by atoms with van der Waals surface area (Å²) < 4.78 is 2.43. The van der Waals surface area contributed by atoms with Crippen molar-refractivity contribution in [1.82, 2.24) is 19.7 Å². The van der Waals surface area contributed by atoms with E-state index in [0.717, 1.165) is 10.2 Å². The minimum atomic E-state index is -0.173. The van der Waals surface area contributed by atoms with E-state index in [-0.39, 0.29) is 5.91 Å². The average molecular weight is 449 g/mol. The smallest absolute Gasteiger partial charge is 0.256 e. The first kappa shape index (κ1) is 18.8. The number of anilines is 3. The highest BCUT2D eigenvalue weighted by molar-refractivity contribution is 9.10. The van der Waals surface area contributed by atoms with Gasteiger partial charge in [-0.05, 0) is 65.3 Å². The van der Waals surface area contributed by atoms with E-state index in [9.17, 15) is 4.79 Å². The number of nitrogens with one attached hydrogen (secondary N) is 2. The van der Waals surface area contributed by atoms with Gasteiger partial charge >= 0.3 is 0 Å². The molecule has 8 heteroatoms. The monoisotopic (exact) mass is 448 g/mol. The molecule has 1 amide bonds. The molecule has 2 aromatic carbocycles. The summed E-state index contributed by atoms with van der Waals surface area (Å²) in [6, 6.07) is 18.4. The number of hydrogen-bond acceptors (Lipinski definition) is 5. The van der Waals surface area contributed by atoms with Crippen LogP contribution in [0.2, 0.25) is 0 Å².